The maximum Gasteiger partial charge on any atom is 0.193 e. The zero-order valence-electron chi connectivity index (χ0n) is 15.6. The first-order chi connectivity index (χ1) is 11.2. The molecule has 0 spiro atoms. The molecule has 0 aromatic rings. The van der Waals surface area contributed by atoms with E-state index in [4.69, 9.17) is 0 Å². The lowest BCUT2D eigenvalue weighted by molar-refractivity contribution is -0.942. The second-order valence-corrected chi connectivity index (χ2v) is 6.90. The van der Waals surface area contributed by atoms with Gasteiger partial charge in [0.15, 0.2) is 12.4 Å². The minimum atomic E-state index is -0.344. The van der Waals surface area contributed by atoms with Gasteiger partial charge in [-0.25, -0.2) is 0 Å². The molecule has 23 heavy (non-hydrogen) atoms. The van der Waals surface area contributed by atoms with E-state index < -0.39 is 0 Å². The molecule has 1 aliphatic heterocycles. The molecule has 3 heteroatoms. The molecule has 0 aliphatic carbocycles. The Morgan fingerprint density at radius 3 is 2.30 bits per heavy atom. The fourth-order valence-corrected chi connectivity index (χ4v) is 3.54. The SMILES string of the molecule is CCCCCCC/C=C/CCCCC1NC=C[N+]1(CC)C(C)O. The highest BCUT2D eigenvalue weighted by molar-refractivity contribution is 4.85. The first-order valence-electron chi connectivity index (χ1n) is 9.81. The number of nitrogens with one attached hydrogen (secondary N) is 1. The average Bonchev–Trinajstić information content (AvgIpc) is 2.97. The summed E-state index contributed by atoms with van der Waals surface area (Å²) in [6, 6.07) is 0. The fraction of sp³-hybridized carbons (Fsp3) is 0.800. The Morgan fingerprint density at radius 2 is 1.70 bits per heavy atom. The van der Waals surface area contributed by atoms with E-state index in [9.17, 15) is 5.11 Å². The summed E-state index contributed by atoms with van der Waals surface area (Å²) < 4.78 is 0.660. The van der Waals surface area contributed by atoms with Gasteiger partial charge in [-0.15, -0.1) is 0 Å². The van der Waals surface area contributed by atoms with Crippen LogP contribution in [0.2, 0.25) is 0 Å². The molecule has 1 aliphatic rings. The first kappa shape index (κ1) is 20.2. The number of hydrogen-bond donors (Lipinski definition) is 2. The molecule has 134 valence electrons. The Bertz CT molecular complexity index is 352. The Hall–Kier alpha value is -0.800. The molecule has 2 N–H and O–H groups in total. The van der Waals surface area contributed by atoms with E-state index in [0.717, 1.165) is 13.0 Å². The van der Waals surface area contributed by atoms with Crippen LogP contribution in [0.4, 0.5) is 0 Å². The highest BCUT2D eigenvalue weighted by Gasteiger charge is 2.40. The van der Waals surface area contributed by atoms with Crippen LogP contribution in [0.3, 0.4) is 0 Å². The predicted molar refractivity (Wildman–Crippen MR) is 99.5 cm³/mol. The van der Waals surface area contributed by atoms with Gasteiger partial charge < -0.3 is 10.4 Å². The summed E-state index contributed by atoms with van der Waals surface area (Å²) >= 11 is 0. The monoisotopic (exact) mass is 323 g/mol. The highest BCUT2D eigenvalue weighted by atomic mass is 16.3. The summed E-state index contributed by atoms with van der Waals surface area (Å²) in [5, 5.41) is 13.5. The van der Waals surface area contributed by atoms with Crippen LogP contribution in [-0.4, -0.2) is 28.5 Å². The minimum Gasteiger partial charge on any atom is -0.345 e. The van der Waals surface area contributed by atoms with E-state index >= 15 is 0 Å². The zero-order valence-corrected chi connectivity index (χ0v) is 15.6. The second kappa shape index (κ2) is 11.7. The molecule has 0 aromatic heterocycles. The predicted octanol–water partition coefficient (Wildman–Crippen LogP) is 5.04. The fourth-order valence-electron chi connectivity index (χ4n) is 3.54. The van der Waals surface area contributed by atoms with Crippen LogP contribution >= 0.6 is 0 Å². The third-order valence-corrected chi connectivity index (χ3v) is 5.20. The summed E-state index contributed by atoms with van der Waals surface area (Å²) in [5.41, 5.74) is 0. The molecule has 0 saturated carbocycles. The summed E-state index contributed by atoms with van der Waals surface area (Å²) in [5.74, 6) is 0. The first-order valence-corrected chi connectivity index (χ1v) is 9.81. The van der Waals surface area contributed by atoms with Gasteiger partial charge >= 0.3 is 0 Å². The Labute approximate surface area is 144 Å². The van der Waals surface area contributed by atoms with Gasteiger partial charge in [0.2, 0.25) is 0 Å². The van der Waals surface area contributed by atoms with Gasteiger partial charge in [0.05, 0.1) is 12.7 Å². The number of aliphatic hydroxyl groups excluding tert-OH is 1. The van der Waals surface area contributed by atoms with Crippen LogP contribution in [0, 0.1) is 0 Å². The number of nitrogens with zero attached hydrogens (tertiary/aromatic N) is 1. The number of allylic oxidation sites excluding steroid dienone is 2. The lowest BCUT2D eigenvalue weighted by Crippen LogP contribution is -2.57. The van der Waals surface area contributed by atoms with Crippen LogP contribution in [0.25, 0.3) is 0 Å². The van der Waals surface area contributed by atoms with E-state index in [1.165, 1.54) is 57.8 Å². The molecule has 1 heterocycles. The molecule has 0 radical (unpaired) electrons. The van der Waals surface area contributed by atoms with Crippen molar-refractivity contribution in [1.82, 2.24) is 5.32 Å². The van der Waals surface area contributed by atoms with Crippen molar-refractivity contribution >= 4 is 0 Å². The molecular weight excluding hydrogens is 284 g/mol. The molecule has 3 atom stereocenters. The van der Waals surface area contributed by atoms with Crippen molar-refractivity contribution in [3.63, 3.8) is 0 Å². The Kier molecular flexibility index (Phi) is 10.3. The van der Waals surface area contributed by atoms with E-state index in [-0.39, 0.29) is 6.23 Å². The van der Waals surface area contributed by atoms with E-state index in [1.54, 1.807) is 0 Å². The van der Waals surface area contributed by atoms with Crippen LogP contribution in [0.1, 0.15) is 85.0 Å². The quantitative estimate of drug-likeness (QED) is 0.283. The van der Waals surface area contributed by atoms with Gasteiger partial charge in [-0.2, -0.15) is 0 Å². The van der Waals surface area contributed by atoms with Crippen LogP contribution in [-0.2, 0) is 0 Å². The third kappa shape index (κ3) is 6.68. The second-order valence-electron chi connectivity index (χ2n) is 6.90. The van der Waals surface area contributed by atoms with Crippen molar-refractivity contribution in [3.8, 4) is 0 Å². The molecule has 0 amide bonds. The molecule has 0 aromatic carbocycles. The third-order valence-electron chi connectivity index (χ3n) is 5.20. The van der Waals surface area contributed by atoms with Crippen molar-refractivity contribution in [2.45, 2.75) is 97.4 Å². The average molecular weight is 324 g/mol. The highest BCUT2D eigenvalue weighted by Crippen LogP contribution is 2.25. The topological polar surface area (TPSA) is 32.3 Å². The van der Waals surface area contributed by atoms with Gasteiger partial charge in [-0.1, -0.05) is 44.8 Å². The van der Waals surface area contributed by atoms with Crippen molar-refractivity contribution in [1.29, 1.82) is 0 Å². The van der Waals surface area contributed by atoms with Crippen molar-refractivity contribution in [2.24, 2.45) is 0 Å². The van der Waals surface area contributed by atoms with Crippen molar-refractivity contribution in [3.05, 3.63) is 24.6 Å². The normalized spacial score (nSPS) is 25.1. The summed E-state index contributed by atoms with van der Waals surface area (Å²) in [6.07, 6.45) is 21.7. The molecule has 3 unspecified atom stereocenters. The van der Waals surface area contributed by atoms with Gasteiger partial charge in [0.1, 0.15) is 6.20 Å². The van der Waals surface area contributed by atoms with Crippen molar-refractivity contribution in [2.75, 3.05) is 6.54 Å². The van der Waals surface area contributed by atoms with E-state index in [1.807, 2.05) is 13.1 Å². The smallest absolute Gasteiger partial charge is 0.193 e. The van der Waals surface area contributed by atoms with Gasteiger partial charge in [0, 0.05) is 13.3 Å². The standard InChI is InChI=1S/C20H39N2O/c1-4-6-7-8-9-10-11-12-13-14-15-16-20-21-17-18-22(20,5-2)19(3)23/h11-12,17-21,23H,4-10,13-16H2,1-3H3/q+1/b12-11+. The summed E-state index contributed by atoms with van der Waals surface area (Å²) in [6.45, 7) is 7.25. The lowest BCUT2D eigenvalue weighted by Gasteiger charge is -2.39. The van der Waals surface area contributed by atoms with Crippen LogP contribution < -0.4 is 5.32 Å². The van der Waals surface area contributed by atoms with Crippen LogP contribution in [0.5, 0.6) is 0 Å². The molecule has 1 rings (SSSR count). The summed E-state index contributed by atoms with van der Waals surface area (Å²) in [4.78, 5) is 0. The van der Waals surface area contributed by atoms with Gasteiger partial charge in [-0.3, -0.25) is 4.48 Å². The van der Waals surface area contributed by atoms with Gasteiger partial charge in [-0.05, 0) is 39.0 Å². The maximum absolute atomic E-state index is 10.1. The number of hydrogen-bond acceptors (Lipinski definition) is 2. The summed E-state index contributed by atoms with van der Waals surface area (Å²) in [7, 11) is 0. The molecule has 0 saturated heterocycles. The van der Waals surface area contributed by atoms with Crippen LogP contribution in [0.15, 0.2) is 24.6 Å². The molecule has 3 nitrogen and oxygen atoms in total. The maximum atomic E-state index is 10.1. The van der Waals surface area contributed by atoms with Gasteiger partial charge in [0.25, 0.3) is 0 Å². The molecule has 0 bridgehead atoms. The number of unbranched alkanes of at least 4 members (excludes halogenated alkanes) is 7. The van der Waals surface area contributed by atoms with E-state index in [0.29, 0.717) is 10.6 Å². The Morgan fingerprint density at radius 1 is 1.04 bits per heavy atom. The largest absolute Gasteiger partial charge is 0.345 e. The number of aliphatic hydroxyl groups is 1. The number of rotatable bonds is 13. The number of quaternary nitrogens is 1. The van der Waals surface area contributed by atoms with Crippen molar-refractivity contribution < 1.29 is 9.59 Å². The Balaban J connectivity index is 2.09. The van der Waals surface area contributed by atoms with E-state index in [2.05, 4.69) is 37.5 Å². The molecule has 0 fully saturated rings. The zero-order chi connectivity index (χ0) is 17.0. The lowest BCUT2D eigenvalue weighted by atomic mass is 10.1. The minimum absolute atomic E-state index is 0.336. The molecular formula is C20H39N2O+.